The zero-order chi connectivity index (χ0) is 10.2. The van der Waals surface area contributed by atoms with Crippen LogP contribution in [0.1, 0.15) is 32.1 Å². The summed E-state index contributed by atoms with van der Waals surface area (Å²) in [5.41, 5.74) is 0. The summed E-state index contributed by atoms with van der Waals surface area (Å²) in [5, 5.41) is 14.4. The number of hydrogen-bond donors (Lipinski definition) is 2. The van der Waals surface area contributed by atoms with Gasteiger partial charge in [0, 0.05) is 25.4 Å². The highest BCUT2D eigenvalue weighted by molar-refractivity contribution is 5.76. The van der Waals surface area contributed by atoms with Gasteiger partial charge in [-0.05, 0) is 25.8 Å². The van der Waals surface area contributed by atoms with Gasteiger partial charge in [-0.15, -0.1) is 0 Å². The SMILES string of the molecule is N#CCCCNC(=O)CC1CCCN1. The summed E-state index contributed by atoms with van der Waals surface area (Å²) in [6.07, 6.45) is 4.12. The standard InChI is InChI=1S/C10H17N3O/c11-5-1-2-6-13-10(14)8-9-4-3-7-12-9/h9,12H,1-4,6-8H2,(H,13,14). The van der Waals surface area contributed by atoms with Gasteiger partial charge in [-0.3, -0.25) is 4.79 Å². The maximum atomic E-state index is 11.3. The third-order valence-corrected chi connectivity index (χ3v) is 2.38. The molecule has 1 rings (SSSR count). The lowest BCUT2D eigenvalue weighted by atomic mass is 10.1. The molecule has 1 unspecified atom stereocenters. The van der Waals surface area contributed by atoms with Crippen molar-refractivity contribution in [1.82, 2.24) is 10.6 Å². The molecule has 0 bridgehead atoms. The molecule has 0 aromatic carbocycles. The minimum Gasteiger partial charge on any atom is -0.356 e. The van der Waals surface area contributed by atoms with Crippen molar-refractivity contribution in [2.75, 3.05) is 13.1 Å². The topological polar surface area (TPSA) is 64.9 Å². The van der Waals surface area contributed by atoms with Crippen LogP contribution in [0.4, 0.5) is 0 Å². The van der Waals surface area contributed by atoms with Gasteiger partial charge in [0.05, 0.1) is 6.07 Å². The van der Waals surface area contributed by atoms with E-state index in [1.165, 1.54) is 6.42 Å². The van der Waals surface area contributed by atoms with Crippen LogP contribution >= 0.6 is 0 Å². The lowest BCUT2D eigenvalue weighted by Gasteiger charge is -2.09. The number of nitrogens with one attached hydrogen (secondary N) is 2. The molecule has 1 heterocycles. The van der Waals surface area contributed by atoms with Gasteiger partial charge in [0.15, 0.2) is 0 Å². The Bertz CT molecular complexity index is 216. The van der Waals surface area contributed by atoms with Crippen LogP contribution < -0.4 is 10.6 Å². The van der Waals surface area contributed by atoms with E-state index in [-0.39, 0.29) is 5.91 Å². The largest absolute Gasteiger partial charge is 0.356 e. The smallest absolute Gasteiger partial charge is 0.221 e. The maximum Gasteiger partial charge on any atom is 0.221 e. The fraction of sp³-hybridized carbons (Fsp3) is 0.800. The number of nitriles is 1. The van der Waals surface area contributed by atoms with Crippen LogP contribution in [0.2, 0.25) is 0 Å². The molecule has 0 aromatic rings. The minimum atomic E-state index is 0.0994. The number of unbranched alkanes of at least 4 members (excludes halogenated alkanes) is 1. The highest BCUT2D eigenvalue weighted by atomic mass is 16.1. The van der Waals surface area contributed by atoms with Gasteiger partial charge in [0.2, 0.25) is 5.91 Å². The van der Waals surface area contributed by atoms with Crippen molar-refractivity contribution >= 4 is 5.91 Å². The van der Waals surface area contributed by atoms with E-state index in [2.05, 4.69) is 16.7 Å². The third kappa shape index (κ3) is 4.24. The number of carbonyl (C=O) groups excluding carboxylic acids is 1. The average Bonchev–Trinajstić information content (AvgIpc) is 2.65. The van der Waals surface area contributed by atoms with Gasteiger partial charge in [0.1, 0.15) is 0 Å². The molecule has 4 heteroatoms. The molecule has 1 amide bonds. The van der Waals surface area contributed by atoms with Crippen LogP contribution in [0, 0.1) is 11.3 Å². The van der Waals surface area contributed by atoms with Crippen LogP contribution in [0.3, 0.4) is 0 Å². The summed E-state index contributed by atoms with van der Waals surface area (Å²) in [7, 11) is 0. The van der Waals surface area contributed by atoms with Crippen molar-refractivity contribution in [2.24, 2.45) is 0 Å². The molecule has 0 radical (unpaired) electrons. The fourth-order valence-electron chi connectivity index (χ4n) is 1.62. The van der Waals surface area contributed by atoms with Crippen molar-refractivity contribution in [1.29, 1.82) is 5.26 Å². The molecule has 14 heavy (non-hydrogen) atoms. The Hall–Kier alpha value is -1.08. The molecule has 4 nitrogen and oxygen atoms in total. The molecule has 2 N–H and O–H groups in total. The lowest BCUT2D eigenvalue weighted by molar-refractivity contribution is -0.121. The average molecular weight is 195 g/mol. The molecule has 1 saturated heterocycles. The first-order valence-electron chi connectivity index (χ1n) is 5.20. The van der Waals surface area contributed by atoms with E-state index in [1.54, 1.807) is 0 Å². The van der Waals surface area contributed by atoms with Crippen LogP contribution in [0.15, 0.2) is 0 Å². The normalized spacial score (nSPS) is 20.4. The molecule has 1 fully saturated rings. The van der Waals surface area contributed by atoms with Gasteiger partial charge in [-0.25, -0.2) is 0 Å². The highest BCUT2D eigenvalue weighted by Crippen LogP contribution is 2.07. The van der Waals surface area contributed by atoms with Gasteiger partial charge in [0.25, 0.3) is 0 Å². The first kappa shape index (κ1) is 11.0. The van der Waals surface area contributed by atoms with E-state index in [4.69, 9.17) is 5.26 Å². The molecule has 1 aliphatic rings. The molecule has 1 aliphatic heterocycles. The van der Waals surface area contributed by atoms with Crippen molar-refractivity contribution < 1.29 is 4.79 Å². The minimum absolute atomic E-state index is 0.0994. The van der Waals surface area contributed by atoms with Gasteiger partial charge < -0.3 is 10.6 Å². The summed E-state index contributed by atoms with van der Waals surface area (Å²) < 4.78 is 0. The Labute approximate surface area is 84.7 Å². The van der Waals surface area contributed by atoms with E-state index < -0.39 is 0 Å². The lowest BCUT2D eigenvalue weighted by Crippen LogP contribution is -2.32. The number of rotatable bonds is 5. The fourth-order valence-corrected chi connectivity index (χ4v) is 1.62. The maximum absolute atomic E-state index is 11.3. The number of carbonyl (C=O) groups is 1. The van der Waals surface area contributed by atoms with E-state index in [0.717, 1.165) is 19.4 Å². The molecule has 0 spiro atoms. The molecule has 0 aliphatic carbocycles. The van der Waals surface area contributed by atoms with Crippen molar-refractivity contribution in [3.05, 3.63) is 0 Å². The first-order chi connectivity index (χ1) is 6.83. The number of amides is 1. The molecular weight excluding hydrogens is 178 g/mol. The molecule has 0 saturated carbocycles. The zero-order valence-corrected chi connectivity index (χ0v) is 8.38. The second-order valence-electron chi connectivity index (χ2n) is 3.61. The van der Waals surface area contributed by atoms with Crippen LogP contribution in [0.5, 0.6) is 0 Å². The van der Waals surface area contributed by atoms with Crippen molar-refractivity contribution in [3.8, 4) is 6.07 Å². The summed E-state index contributed by atoms with van der Waals surface area (Å²) in [6.45, 7) is 1.66. The van der Waals surface area contributed by atoms with Gasteiger partial charge in [-0.2, -0.15) is 5.26 Å². The molecule has 78 valence electrons. The van der Waals surface area contributed by atoms with E-state index in [0.29, 0.717) is 25.4 Å². The summed E-state index contributed by atoms with van der Waals surface area (Å²) in [4.78, 5) is 11.3. The monoisotopic (exact) mass is 195 g/mol. The predicted molar refractivity (Wildman–Crippen MR) is 53.5 cm³/mol. The Morgan fingerprint density at radius 1 is 1.64 bits per heavy atom. The van der Waals surface area contributed by atoms with E-state index in [9.17, 15) is 4.79 Å². The Morgan fingerprint density at radius 2 is 2.50 bits per heavy atom. The number of nitrogens with zero attached hydrogens (tertiary/aromatic N) is 1. The molecular formula is C10H17N3O. The highest BCUT2D eigenvalue weighted by Gasteiger charge is 2.16. The molecule has 1 atom stereocenters. The zero-order valence-electron chi connectivity index (χ0n) is 8.38. The van der Waals surface area contributed by atoms with Crippen LogP contribution in [-0.4, -0.2) is 25.0 Å². The molecule has 0 aromatic heterocycles. The summed E-state index contributed by atoms with van der Waals surface area (Å²) in [6, 6.07) is 2.42. The van der Waals surface area contributed by atoms with Crippen molar-refractivity contribution in [3.63, 3.8) is 0 Å². The quantitative estimate of drug-likeness (QED) is 0.630. The van der Waals surface area contributed by atoms with Crippen molar-refractivity contribution in [2.45, 2.75) is 38.1 Å². The Morgan fingerprint density at radius 3 is 3.14 bits per heavy atom. The Kier molecular flexibility index (Phi) is 5.02. The summed E-state index contributed by atoms with van der Waals surface area (Å²) in [5.74, 6) is 0.0994. The van der Waals surface area contributed by atoms with Crippen LogP contribution in [0.25, 0.3) is 0 Å². The number of hydrogen-bond acceptors (Lipinski definition) is 3. The first-order valence-corrected chi connectivity index (χ1v) is 5.20. The Balaban J connectivity index is 2.01. The third-order valence-electron chi connectivity index (χ3n) is 2.38. The van der Waals surface area contributed by atoms with E-state index in [1.807, 2.05) is 0 Å². The predicted octanol–water partition coefficient (Wildman–Crippen LogP) is 0.548. The van der Waals surface area contributed by atoms with Crippen LogP contribution in [-0.2, 0) is 4.79 Å². The summed E-state index contributed by atoms with van der Waals surface area (Å²) >= 11 is 0. The van der Waals surface area contributed by atoms with Gasteiger partial charge in [-0.1, -0.05) is 0 Å². The second kappa shape index (κ2) is 6.39. The van der Waals surface area contributed by atoms with Gasteiger partial charge >= 0.3 is 0 Å². The van der Waals surface area contributed by atoms with E-state index >= 15 is 0 Å². The second-order valence-corrected chi connectivity index (χ2v) is 3.61.